The fraction of sp³-hybridized carbons (Fsp3) is 0.435. The Bertz CT molecular complexity index is 920. The van der Waals surface area contributed by atoms with Crippen LogP contribution in [-0.2, 0) is 9.59 Å². The summed E-state index contributed by atoms with van der Waals surface area (Å²) < 4.78 is 0. The third kappa shape index (κ3) is 6.02. The van der Waals surface area contributed by atoms with Crippen LogP contribution in [0.4, 0.5) is 11.4 Å². The summed E-state index contributed by atoms with van der Waals surface area (Å²) in [4.78, 5) is 41.1. The topological polar surface area (TPSA) is 93.8 Å². The van der Waals surface area contributed by atoms with Gasteiger partial charge in [0.1, 0.15) is 0 Å². The monoisotopic (exact) mass is 425 g/mol. The van der Waals surface area contributed by atoms with Crippen LogP contribution in [0.25, 0.3) is 0 Å². The molecule has 3 N–H and O–H groups in total. The highest BCUT2D eigenvalue weighted by molar-refractivity contribution is 6.07. The van der Waals surface area contributed by atoms with Crippen molar-refractivity contribution in [2.24, 2.45) is 5.92 Å². The quantitative estimate of drug-likeness (QED) is 0.587. The molecule has 31 heavy (non-hydrogen) atoms. The Morgan fingerprint density at radius 2 is 1.65 bits per heavy atom. The van der Waals surface area contributed by atoms with Gasteiger partial charge in [0.05, 0.1) is 12.0 Å². The van der Waals surface area contributed by atoms with Crippen LogP contribution in [0.15, 0.2) is 42.1 Å². The molecule has 1 aliphatic carbocycles. The molecule has 2 unspecified atom stereocenters. The third-order valence-electron chi connectivity index (χ3n) is 5.28. The lowest BCUT2D eigenvalue weighted by Crippen LogP contribution is -2.40. The molecular formula is C23H31N5O3. The number of amides is 2. The van der Waals surface area contributed by atoms with E-state index < -0.39 is 0 Å². The smallest absolute Gasteiger partial charge is 0.225 e. The van der Waals surface area contributed by atoms with Crippen molar-refractivity contribution in [1.82, 2.24) is 15.1 Å². The minimum Gasteiger partial charge on any atom is -0.377 e. The van der Waals surface area contributed by atoms with E-state index in [0.29, 0.717) is 48.6 Å². The van der Waals surface area contributed by atoms with Crippen molar-refractivity contribution in [3.8, 4) is 0 Å². The molecule has 0 saturated heterocycles. The van der Waals surface area contributed by atoms with Crippen LogP contribution in [0.5, 0.6) is 0 Å². The molecule has 1 heterocycles. The summed E-state index contributed by atoms with van der Waals surface area (Å²) in [6.07, 6.45) is 6.30. The number of hydrogen-bond acceptors (Lipinski definition) is 6. The Morgan fingerprint density at radius 1 is 1.00 bits per heavy atom. The van der Waals surface area contributed by atoms with Crippen molar-refractivity contribution >= 4 is 29.0 Å². The second-order valence-electron chi connectivity index (χ2n) is 8.50. The molecule has 2 atom stereocenters. The first-order chi connectivity index (χ1) is 14.7. The zero-order valence-corrected chi connectivity index (χ0v) is 18.6. The Hall–Kier alpha value is -2.97. The van der Waals surface area contributed by atoms with E-state index in [-0.39, 0.29) is 29.6 Å². The number of carbonyl (C=O) groups excluding carboxylic acids is 3. The summed E-state index contributed by atoms with van der Waals surface area (Å²) in [5.74, 6) is -0.435. The molecule has 0 fully saturated rings. The predicted molar refractivity (Wildman–Crippen MR) is 122 cm³/mol. The number of nitrogens with one attached hydrogen (secondary N) is 3. The minimum atomic E-state index is -0.324. The summed E-state index contributed by atoms with van der Waals surface area (Å²) >= 11 is 0. The molecule has 166 valence electrons. The van der Waals surface area contributed by atoms with Gasteiger partial charge in [0.2, 0.25) is 11.8 Å². The largest absolute Gasteiger partial charge is 0.377 e. The van der Waals surface area contributed by atoms with E-state index in [1.165, 1.54) is 0 Å². The molecule has 1 aromatic rings. The van der Waals surface area contributed by atoms with Crippen LogP contribution in [-0.4, -0.2) is 74.7 Å². The highest BCUT2D eigenvalue weighted by Gasteiger charge is 2.34. The molecule has 1 aromatic carbocycles. The van der Waals surface area contributed by atoms with Gasteiger partial charge in [-0.2, -0.15) is 0 Å². The fourth-order valence-corrected chi connectivity index (χ4v) is 3.56. The van der Waals surface area contributed by atoms with Crippen LogP contribution in [0.3, 0.4) is 0 Å². The molecule has 1 aliphatic heterocycles. The number of benzene rings is 1. The minimum absolute atomic E-state index is 0.0229. The summed E-state index contributed by atoms with van der Waals surface area (Å²) in [6, 6.07) is 5.04. The van der Waals surface area contributed by atoms with Gasteiger partial charge in [-0.15, -0.1) is 0 Å². The summed E-state index contributed by atoms with van der Waals surface area (Å²) in [6.45, 7) is 1.33. The average Bonchev–Trinajstić information content (AvgIpc) is 2.70. The maximum absolute atomic E-state index is 13.0. The SMILES string of the molecule is CN(C)CCC(=O)NC1=CC2Nc3cc(NC(=O)CCN(C)C)ccc3C(=O)C2C=C1. The van der Waals surface area contributed by atoms with Crippen LogP contribution in [0, 0.1) is 5.92 Å². The number of hydrogen-bond donors (Lipinski definition) is 3. The molecule has 8 nitrogen and oxygen atoms in total. The first kappa shape index (κ1) is 22.7. The lowest BCUT2D eigenvalue weighted by Gasteiger charge is -2.33. The zero-order valence-electron chi connectivity index (χ0n) is 18.6. The highest BCUT2D eigenvalue weighted by Crippen LogP contribution is 2.34. The molecule has 0 radical (unpaired) electrons. The number of anilines is 2. The molecule has 8 heteroatoms. The van der Waals surface area contributed by atoms with Crippen molar-refractivity contribution in [3.63, 3.8) is 0 Å². The van der Waals surface area contributed by atoms with Crippen LogP contribution < -0.4 is 16.0 Å². The summed E-state index contributed by atoms with van der Waals surface area (Å²) in [5, 5.41) is 9.17. The highest BCUT2D eigenvalue weighted by atomic mass is 16.2. The van der Waals surface area contributed by atoms with Gasteiger partial charge in [-0.3, -0.25) is 14.4 Å². The van der Waals surface area contributed by atoms with Gasteiger partial charge in [-0.05, 0) is 58.5 Å². The molecule has 0 saturated carbocycles. The van der Waals surface area contributed by atoms with Crippen LogP contribution in [0.2, 0.25) is 0 Å². The Balaban J connectivity index is 1.69. The lowest BCUT2D eigenvalue weighted by atomic mass is 9.83. The van der Waals surface area contributed by atoms with Gasteiger partial charge >= 0.3 is 0 Å². The van der Waals surface area contributed by atoms with Gasteiger partial charge in [0.15, 0.2) is 5.78 Å². The fourth-order valence-electron chi connectivity index (χ4n) is 3.56. The second-order valence-corrected chi connectivity index (χ2v) is 8.50. The first-order valence-electron chi connectivity index (χ1n) is 10.5. The van der Waals surface area contributed by atoms with E-state index in [0.717, 1.165) is 0 Å². The molecule has 2 aliphatic rings. The van der Waals surface area contributed by atoms with Crippen LogP contribution >= 0.6 is 0 Å². The van der Waals surface area contributed by atoms with Crippen molar-refractivity contribution < 1.29 is 14.4 Å². The number of allylic oxidation sites excluding steroid dienone is 1. The average molecular weight is 426 g/mol. The van der Waals surface area contributed by atoms with E-state index in [1.807, 2.05) is 50.1 Å². The molecule has 2 amide bonds. The lowest BCUT2D eigenvalue weighted by molar-refractivity contribution is -0.120. The summed E-state index contributed by atoms with van der Waals surface area (Å²) in [5.41, 5.74) is 2.61. The van der Waals surface area contributed by atoms with E-state index in [1.54, 1.807) is 24.3 Å². The number of rotatable bonds is 8. The van der Waals surface area contributed by atoms with E-state index >= 15 is 0 Å². The van der Waals surface area contributed by atoms with Gasteiger partial charge in [0.25, 0.3) is 0 Å². The summed E-state index contributed by atoms with van der Waals surface area (Å²) in [7, 11) is 7.68. The number of ketones is 1. The van der Waals surface area contributed by atoms with Gasteiger partial charge in [-0.1, -0.05) is 6.08 Å². The Labute approximate surface area is 183 Å². The number of carbonyl (C=O) groups is 3. The molecule has 0 aromatic heterocycles. The molecule has 0 bridgehead atoms. The van der Waals surface area contributed by atoms with Gasteiger partial charge in [-0.25, -0.2) is 0 Å². The maximum atomic E-state index is 13.0. The first-order valence-corrected chi connectivity index (χ1v) is 10.5. The molecule has 0 spiro atoms. The predicted octanol–water partition coefficient (Wildman–Crippen LogP) is 1.69. The normalized spacial score (nSPS) is 19.4. The number of nitrogens with zero attached hydrogens (tertiary/aromatic N) is 2. The van der Waals surface area contributed by atoms with Crippen molar-refractivity contribution in [3.05, 3.63) is 47.7 Å². The van der Waals surface area contributed by atoms with Crippen molar-refractivity contribution in [2.45, 2.75) is 18.9 Å². The van der Waals surface area contributed by atoms with Gasteiger partial charge < -0.3 is 25.8 Å². The second kappa shape index (κ2) is 9.89. The van der Waals surface area contributed by atoms with E-state index in [4.69, 9.17) is 0 Å². The Morgan fingerprint density at radius 3 is 2.29 bits per heavy atom. The van der Waals surface area contributed by atoms with E-state index in [9.17, 15) is 14.4 Å². The van der Waals surface area contributed by atoms with Crippen LogP contribution in [0.1, 0.15) is 23.2 Å². The Kier molecular flexibility index (Phi) is 7.25. The standard InChI is InChI=1S/C23H31N5O3/c1-27(2)11-9-21(29)24-15-5-7-17-19(13-15)26-20-14-16(6-8-18(20)23(17)31)25-22(30)10-12-28(3)4/h5-8,13-14,17,19,26H,9-12H2,1-4H3,(H,24,29)(H,25,30). The number of fused-ring (bicyclic) bond motifs is 2. The van der Waals surface area contributed by atoms with Gasteiger partial charge in [0, 0.05) is 48.6 Å². The van der Waals surface area contributed by atoms with Crippen molar-refractivity contribution in [1.29, 1.82) is 0 Å². The van der Waals surface area contributed by atoms with E-state index in [2.05, 4.69) is 16.0 Å². The number of Topliss-reactive ketones (excluding diaryl/α,β-unsaturated/α-hetero) is 1. The molecule has 3 rings (SSSR count). The maximum Gasteiger partial charge on any atom is 0.225 e. The zero-order chi connectivity index (χ0) is 22.5. The molecular weight excluding hydrogens is 394 g/mol. The van der Waals surface area contributed by atoms with Crippen molar-refractivity contribution in [2.75, 3.05) is 51.9 Å². The third-order valence-corrected chi connectivity index (χ3v) is 5.28.